The molecule has 4 rings (SSSR count). The Kier molecular flexibility index (Phi) is 11.8. The Labute approximate surface area is 249 Å². The highest BCUT2D eigenvalue weighted by Crippen LogP contribution is 2.20. The Morgan fingerprint density at radius 2 is 1.80 bits per heavy atom. The van der Waals surface area contributed by atoms with E-state index in [0.717, 1.165) is 0 Å². The first kappa shape index (κ1) is 34.0. The number of aromatic amines is 1. The van der Waals surface area contributed by atoms with Gasteiger partial charge >= 0.3 is 11.9 Å². The van der Waals surface area contributed by atoms with E-state index < -0.39 is 61.1 Å². The van der Waals surface area contributed by atoms with Crippen LogP contribution in [0.3, 0.4) is 0 Å². The lowest BCUT2D eigenvalue weighted by Crippen LogP contribution is -2.61. The predicted molar refractivity (Wildman–Crippen MR) is 154 cm³/mol. The van der Waals surface area contributed by atoms with Crippen molar-refractivity contribution in [2.24, 2.45) is 5.73 Å². The van der Waals surface area contributed by atoms with Crippen LogP contribution in [0.1, 0.15) is 23.2 Å². The second-order valence-electron chi connectivity index (χ2n) is 9.96. The number of aliphatic carboxylic acids is 2. The van der Waals surface area contributed by atoms with E-state index in [1.165, 1.54) is 12.1 Å². The molecule has 19 heteroatoms. The summed E-state index contributed by atoms with van der Waals surface area (Å²) in [5, 5.41) is 65.6. The number of fused-ring (bicyclic) bond motifs is 1. The summed E-state index contributed by atoms with van der Waals surface area (Å²) in [5.41, 5.74) is 11.7. The minimum absolute atomic E-state index is 0.0281. The molecule has 1 amide bonds. The smallest absolute Gasteiger partial charge is 0.326 e. The maximum absolute atomic E-state index is 12.3. The van der Waals surface area contributed by atoms with Crippen molar-refractivity contribution in [1.82, 2.24) is 15.3 Å². The van der Waals surface area contributed by atoms with Crippen molar-refractivity contribution in [2.45, 2.75) is 55.6 Å². The number of ether oxygens (including phenoxy) is 1. The van der Waals surface area contributed by atoms with Gasteiger partial charge in [0.15, 0.2) is 12.1 Å². The number of carboxylic acid groups (broad SMARTS) is 2. The number of amides is 1. The standard InChI is InChI=1S/C19H23N7O6.C6H13NO5/c20-19-25-15-14(17(30)26-19)23-11(8-22-15)7-21-10-3-1-9(2-4-10)16(29)24-12(18(31)32)5-6-13(27)28;7-3-5(10)4(9)2(1-8)12-6(3)11/h1-4,11-12,21,23H,5-8H2,(H,24,29)(H,27,28)(H,31,32)(H4,20,22,25,26,30);2-6,8-11H,1,7H2/t;2-,3-,4-,5-,6?/m.1/s1. The molecule has 2 aliphatic heterocycles. The van der Waals surface area contributed by atoms with Gasteiger partial charge in [0.2, 0.25) is 5.95 Å². The SMILES string of the molecule is N[C@H]1C(O)O[C@H](CO)[C@@H](O)[C@@H]1O.Nc1nc2c(c(=O)[nH]1)NC(CNc1ccc(C(=O)NC(CCC(=O)O)C(=O)O)cc1)CN2. The van der Waals surface area contributed by atoms with Crippen LogP contribution in [0.2, 0.25) is 0 Å². The van der Waals surface area contributed by atoms with Gasteiger partial charge in [0.1, 0.15) is 30.0 Å². The highest BCUT2D eigenvalue weighted by Gasteiger charge is 2.41. The second-order valence-corrected chi connectivity index (χ2v) is 9.96. The van der Waals surface area contributed by atoms with E-state index in [2.05, 4.69) is 31.2 Å². The van der Waals surface area contributed by atoms with Crippen molar-refractivity contribution < 1.29 is 49.8 Å². The van der Waals surface area contributed by atoms with Crippen LogP contribution in [0.25, 0.3) is 0 Å². The number of benzene rings is 1. The summed E-state index contributed by atoms with van der Waals surface area (Å²) in [6.45, 7) is 0.489. The Balaban J connectivity index is 0.000000369. The molecule has 44 heavy (non-hydrogen) atoms. The molecule has 19 nitrogen and oxygen atoms in total. The third kappa shape index (κ3) is 8.99. The van der Waals surface area contributed by atoms with E-state index >= 15 is 0 Å². The molecule has 1 fully saturated rings. The molecule has 1 aromatic heterocycles. The van der Waals surface area contributed by atoms with Crippen LogP contribution in [-0.2, 0) is 14.3 Å². The summed E-state index contributed by atoms with van der Waals surface area (Å²) in [4.78, 5) is 52.6. The maximum Gasteiger partial charge on any atom is 0.326 e. The second kappa shape index (κ2) is 15.3. The van der Waals surface area contributed by atoms with Gasteiger partial charge in [0, 0.05) is 30.8 Å². The summed E-state index contributed by atoms with van der Waals surface area (Å²) < 4.78 is 4.70. The molecule has 2 aliphatic rings. The van der Waals surface area contributed by atoms with Crippen LogP contribution < -0.4 is 38.3 Å². The van der Waals surface area contributed by atoms with Gasteiger partial charge in [-0.15, -0.1) is 0 Å². The van der Waals surface area contributed by atoms with E-state index in [-0.39, 0.29) is 36.0 Å². The summed E-state index contributed by atoms with van der Waals surface area (Å²) >= 11 is 0. The highest BCUT2D eigenvalue weighted by atomic mass is 16.6. The monoisotopic (exact) mass is 624 g/mol. The normalized spacial score (nSPS) is 24.7. The van der Waals surface area contributed by atoms with E-state index in [0.29, 0.717) is 30.3 Å². The number of nitrogen functional groups attached to an aromatic ring is 1. The van der Waals surface area contributed by atoms with E-state index in [9.17, 15) is 29.4 Å². The zero-order valence-electron chi connectivity index (χ0n) is 23.2. The first-order chi connectivity index (χ1) is 20.8. The topological polar surface area (TPSA) is 328 Å². The summed E-state index contributed by atoms with van der Waals surface area (Å²) in [7, 11) is 0. The lowest BCUT2D eigenvalue weighted by Gasteiger charge is -2.38. The average Bonchev–Trinajstić information content (AvgIpc) is 2.99. The van der Waals surface area contributed by atoms with E-state index in [4.69, 9.17) is 36.6 Å². The lowest BCUT2D eigenvalue weighted by atomic mass is 9.98. The van der Waals surface area contributed by atoms with E-state index in [1.807, 2.05) is 0 Å². The molecule has 15 N–H and O–H groups in total. The number of H-pyrrole nitrogens is 1. The van der Waals surface area contributed by atoms with Crippen LogP contribution in [0.15, 0.2) is 29.1 Å². The Morgan fingerprint density at radius 1 is 1.11 bits per heavy atom. The van der Waals surface area contributed by atoms with Crippen molar-refractivity contribution >= 4 is 41.0 Å². The number of aromatic nitrogens is 2. The number of carbonyl (C=O) groups excluding carboxylic acids is 1. The van der Waals surface area contributed by atoms with Gasteiger partial charge in [0.25, 0.3) is 11.5 Å². The zero-order valence-corrected chi connectivity index (χ0v) is 23.2. The third-order valence-corrected chi connectivity index (χ3v) is 6.70. The molecular weight excluding hydrogens is 588 g/mol. The fourth-order valence-electron chi connectivity index (χ4n) is 4.22. The largest absolute Gasteiger partial charge is 0.481 e. The van der Waals surface area contributed by atoms with E-state index in [1.54, 1.807) is 12.1 Å². The predicted octanol–water partition coefficient (Wildman–Crippen LogP) is -3.54. The van der Waals surface area contributed by atoms with Gasteiger partial charge in [-0.25, -0.2) is 4.79 Å². The lowest BCUT2D eigenvalue weighted by molar-refractivity contribution is -0.248. The fourth-order valence-corrected chi connectivity index (χ4v) is 4.22. The molecule has 1 saturated heterocycles. The number of hydrogen-bond acceptors (Lipinski definition) is 15. The minimum atomic E-state index is -1.35. The van der Waals surface area contributed by atoms with Crippen molar-refractivity contribution in [3.63, 3.8) is 0 Å². The molecule has 0 radical (unpaired) electrons. The van der Waals surface area contributed by atoms with Gasteiger partial charge < -0.3 is 68.1 Å². The average molecular weight is 625 g/mol. The number of rotatable bonds is 10. The molecule has 1 aromatic carbocycles. The third-order valence-electron chi connectivity index (χ3n) is 6.70. The summed E-state index contributed by atoms with van der Waals surface area (Å²) in [6, 6.07) is 3.89. The molecule has 0 bridgehead atoms. The molecule has 242 valence electrons. The van der Waals surface area contributed by atoms with Gasteiger partial charge in [-0.3, -0.25) is 19.4 Å². The maximum atomic E-state index is 12.3. The Morgan fingerprint density at radius 3 is 2.41 bits per heavy atom. The molecule has 7 atom stereocenters. The first-order valence-corrected chi connectivity index (χ1v) is 13.4. The molecule has 2 aromatic rings. The van der Waals surface area contributed by atoms with Crippen LogP contribution in [0, 0.1) is 0 Å². The number of nitrogens with two attached hydrogens (primary N) is 2. The van der Waals surface area contributed by atoms with Gasteiger partial charge in [-0.2, -0.15) is 4.98 Å². The molecule has 3 heterocycles. The summed E-state index contributed by atoms with van der Waals surface area (Å²) in [5.74, 6) is -2.64. The Bertz CT molecular complexity index is 1350. The van der Waals surface area contributed by atoms with Crippen LogP contribution in [-0.4, -0.2) is 121 Å². The molecular formula is C25H36N8O11. The van der Waals surface area contributed by atoms with Gasteiger partial charge in [0.05, 0.1) is 18.7 Å². The van der Waals surface area contributed by atoms with Crippen molar-refractivity contribution in [3.05, 3.63) is 40.2 Å². The number of aliphatic hydroxyl groups is 4. The van der Waals surface area contributed by atoms with Crippen molar-refractivity contribution in [2.75, 3.05) is 41.4 Å². The Hall–Kier alpha value is -4.53. The summed E-state index contributed by atoms with van der Waals surface area (Å²) in [6.07, 6.45) is -5.44. The number of nitrogens with one attached hydrogen (secondary N) is 5. The van der Waals surface area contributed by atoms with Crippen molar-refractivity contribution in [3.8, 4) is 0 Å². The van der Waals surface area contributed by atoms with Gasteiger partial charge in [-0.1, -0.05) is 0 Å². The number of carboxylic acids is 2. The van der Waals surface area contributed by atoms with Crippen LogP contribution in [0.5, 0.6) is 0 Å². The van der Waals surface area contributed by atoms with Gasteiger partial charge in [-0.05, 0) is 30.7 Å². The molecule has 3 unspecified atom stereocenters. The molecule has 0 aliphatic carbocycles. The quantitative estimate of drug-likeness (QED) is 0.122. The number of anilines is 4. The number of carbonyl (C=O) groups is 3. The highest BCUT2D eigenvalue weighted by molar-refractivity contribution is 5.97. The number of hydrogen-bond donors (Lipinski definition) is 13. The van der Waals surface area contributed by atoms with Crippen LogP contribution in [0.4, 0.5) is 23.1 Å². The molecule has 0 saturated carbocycles. The fraction of sp³-hybridized carbons (Fsp3) is 0.480. The number of nitrogens with zero attached hydrogens (tertiary/aromatic N) is 1. The number of aliphatic hydroxyl groups excluding tert-OH is 4. The molecule has 0 spiro atoms. The first-order valence-electron chi connectivity index (χ1n) is 13.4. The van der Waals surface area contributed by atoms with Crippen LogP contribution >= 0.6 is 0 Å². The van der Waals surface area contributed by atoms with Crippen molar-refractivity contribution in [1.29, 1.82) is 0 Å². The zero-order chi connectivity index (χ0) is 32.6. The minimum Gasteiger partial charge on any atom is -0.481 e.